The molecule has 0 unspecified atom stereocenters. The number of carbonyl (C=O) groups excluding carboxylic acids is 2. The molecule has 2 amide bonds. The first-order valence-electron chi connectivity index (χ1n) is 8.64. The van der Waals surface area contributed by atoms with Gasteiger partial charge in [0, 0.05) is 18.2 Å². The van der Waals surface area contributed by atoms with Gasteiger partial charge in [-0.05, 0) is 39.3 Å². The zero-order valence-electron chi connectivity index (χ0n) is 16.0. The molecule has 6 nitrogen and oxygen atoms in total. The molecule has 2 rings (SSSR count). The van der Waals surface area contributed by atoms with Crippen molar-refractivity contribution in [2.24, 2.45) is 11.1 Å². The van der Waals surface area contributed by atoms with Gasteiger partial charge in [-0.2, -0.15) is 5.10 Å². The van der Waals surface area contributed by atoms with Crippen LogP contribution in [0, 0.1) is 19.3 Å². The number of nitrogens with zero attached hydrogens (tertiary/aromatic N) is 2. The van der Waals surface area contributed by atoms with Crippen LogP contribution in [0.15, 0.2) is 30.3 Å². The molecule has 0 aliphatic carbocycles. The van der Waals surface area contributed by atoms with E-state index in [0.717, 1.165) is 11.3 Å². The lowest BCUT2D eigenvalue weighted by molar-refractivity contribution is -0.126. The lowest BCUT2D eigenvalue weighted by Crippen LogP contribution is -2.41. The van der Waals surface area contributed by atoms with Crippen molar-refractivity contribution >= 4 is 29.5 Å². The summed E-state index contributed by atoms with van der Waals surface area (Å²) in [4.78, 5) is 23.3. The van der Waals surface area contributed by atoms with Crippen molar-refractivity contribution in [3.8, 4) is 0 Å². The quantitative estimate of drug-likeness (QED) is 0.714. The smallest absolute Gasteiger partial charge is 0.244 e. The zero-order chi connectivity index (χ0) is 20.2. The van der Waals surface area contributed by atoms with Gasteiger partial charge in [0.1, 0.15) is 5.15 Å². The lowest BCUT2D eigenvalue weighted by Gasteiger charge is -2.19. The van der Waals surface area contributed by atoms with Gasteiger partial charge in [0.15, 0.2) is 0 Å². The van der Waals surface area contributed by atoms with E-state index in [1.54, 1.807) is 24.6 Å². The molecular weight excluding hydrogens is 364 g/mol. The summed E-state index contributed by atoms with van der Waals surface area (Å²) in [5, 5.41) is 7.59. The van der Waals surface area contributed by atoms with E-state index in [4.69, 9.17) is 17.3 Å². The standard InChI is InChI=1S/C20H25ClN4O2/c1-13-5-7-15(8-6-13)11-25-18(21)16(14(2)24-25)9-10-17(26)23-12-20(3,4)19(22)27/h5-10H,11-12H2,1-4H3,(H2,22,27)(H,23,26). The predicted octanol–water partition coefficient (Wildman–Crippen LogP) is 2.84. The Morgan fingerprint density at radius 1 is 1.26 bits per heavy atom. The second-order valence-electron chi connectivity index (χ2n) is 7.23. The molecule has 0 saturated carbocycles. The highest BCUT2D eigenvalue weighted by atomic mass is 35.5. The second-order valence-corrected chi connectivity index (χ2v) is 7.59. The van der Waals surface area contributed by atoms with Crippen LogP contribution >= 0.6 is 11.6 Å². The Morgan fingerprint density at radius 3 is 2.48 bits per heavy atom. The van der Waals surface area contributed by atoms with Crippen molar-refractivity contribution in [1.82, 2.24) is 15.1 Å². The highest BCUT2D eigenvalue weighted by Crippen LogP contribution is 2.22. The maximum absolute atomic E-state index is 12.0. The van der Waals surface area contributed by atoms with Crippen LogP contribution in [0.1, 0.15) is 36.2 Å². The predicted molar refractivity (Wildman–Crippen MR) is 107 cm³/mol. The molecule has 144 valence electrons. The maximum atomic E-state index is 12.0. The Hall–Kier alpha value is -2.60. The zero-order valence-corrected chi connectivity index (χ0v) is 16.8. The topological polar surface area (TPSA) is 90.0 Å². The van der Waals surface area contributed by atoms with E-state index in [-0.39, 0.29) is 12.5 Å². The van der Waals surface area contributed by atoms with Crippen LogP contribution in [0.5, 0.6) is 0 Å². The summed E-state index contributed by atoms with van der Waals surface area (Å²) in [5.74, 6) is -0.797. The Labute approximate surface area is 164 Å². The SMILES string of the molecule is Cc1ccc(Cn2nc(C)c(C=CC(=O)NCC(C)(C)C(N)=O)c2Cl)cc1. The number of halogens is 1. The van der Waals surface area contributed by atoms with Crippen molar-refractivity contribution in [2.45, 2.75) is 34.2 Å². The molecular formula is C20H25ClN4O2. The monoisotopic (exact) mass is 388 g/mol. The molecule has 1 heterocycles. The molecule has 27 heavy (non-hydrogen) atoms. The first-order chi connectivity index (χ1) is 12.6. The Balaban J connectivity index is 2.07. The third-order valence-electron chi connectivity index (χ3n) is 4.34. The van der Waals surface area contributed by atoms with Gasteiger partial charge in [-0.3, -0.25) is 9.59 Å². The Bertz CT molecular complexity index is 867. The molecule has 0 saturated heterocycles. The average molecular weight is 389 g/mol. The Kier molecular flexibility index (Phi) is 6.44. The van der Waals surface area contributed by atoms with E-state index in [0.29, 0.717) is 17.3 Å². The summed E-state index contributed by atoms with van der Waals surface area (Å²) in [6, 6.07) is 8.15. The van der Waals surface area contributed by atoms with E-state index < -0.39 is 11.3 Å². The molecule has 0 atom stereocenters. The second kappa shape index (κ2) is 8.39. The number of carbonyl (C=O) groups is 2. The van der Waals surface area contributed by atoms with Gasteiger partial charge in [-0.1, -0.05) is 41.4 Å². The molecule has 0 bridgehead atoms. The van der Waals surface area contributed by atoms with E-state index >= 15 is 0 Å². The molecule has 0 fully saturated rings. The summed E-state index contributed by atoms with van der Waals surface area (Å²) >= 11 is 6.44. The number of hydrogen-bond donors (Lipinski definition) is 2. The number of nitrogens with two attached hydrogens (primary N) is 1. The maximum Gasteiger partial charge on any atom is 0.244 e. The van der Waals surface area contributed by atoms with E-state index in [1.807, 2.05) is 38.1 Å². The number of hydrogen-bond acceptors (Lipinski definition) is 3. The molecule has 1 aromatic heterocycles. The first kappa shape index (κ1) is 20.7. The summed E-state index contributed by atoms with van der Waals surface area (Å²) < 4.78 is 1.70. The molecule has 0 spiro atoms. The molecule has 0 radical (unpaired) electrons. The van der Waals surface area contributed by atoms with Crippen LogP contribution in [-0.4, -0.2) is 28.1 Å². The molecule has 0 aliphatic heterocycles. The van der Waals surface area contributed by atoms with Crippen molar-refractivity contribution in [3.63, 3.8) is 0 Å². The van der Waals surface area contributed by atoms with Crippen LogP contribution in [0.4, 0.5) is 0 Å². The van der Waals surface area contributed by atoms with Crippen molar-refractivity contribution in [3.05, 3.63) is 57.9 Å². The van der Waals surface area contributed by atoms with Crippen LogP contribution in [0.25, 0.3) is 6.08 Å². The number of benzene rings is 1. The average Bonchev–Trinajstić information content (AvgIpc) is 2.86. The number of rotatable bonds is 7. The van der Waals surface area contributed by atoms with Gasteiger partial charge in [-0.15, -0.1) is 0 Å². The highest BCUT2D eigenvalue weighted by molar-refractivity contribution is 6.31. The summed E-state index contributed by atoms with van der Waals surface area (Å²) in [5.41, 5.74) is 8.19. The number of aromatic nitrogens is 2. The first-order valence-corrected chi connectivity index (χ1v) is 9.02. The normalized spacial score (nSPS) is 11.7. The molecule has 2 aromatic rings. The minimum atomic E-state index is -0.810. The van der Waals surface area contributed by atoms with E-state index in [9.17, 15) is 9.59 Å². The van der Waals surface area contributed by atoms with E-state index in [1.165, 1.54) is 11.6 Å². The van der Waals surface area contributed by atoms with Crippen LogP contribution in [-0.2, 0) is 16.1 Å². The summed E-state index contributed by atoms with van der Waals surface area (Å²) in [7, 11) is 0. The van der Waals surface area contributed by atoms with Crippen molar-refractivity contribution in [2.75, 3.05) is 6.54 Å². The fourth-order valence-electron chi connectivity index (χ4n) is 2.34. The summed E-state index contributed by atoms with van der Waals surface area (Å²) in [6.07, 6.45) is 3.01. The van der Waals surface area contributed by atoms with Crippen LogP contribution in [0.3, 0.4) is 0 Å². The van der Waals surface area contributed by atoms with Crippen LogP contribution in [0.2, 0.25) is 5.15 Å². The number of nitrogens with one attached hydrogen (secondary N) is 1. The fraction of sp³-hybridized carbons (Fsp3) is 0.350. The molecule has 1 aromatic carbocycles. The molecule has 7 heteroatoms. The van der Waals surface area contributed by atoms with Gasteiger partial charge in [0.05, 0.1) is 17.7 Å². The Morgan fingerprint density at radius 2 is 1.89 bits per heavy atom. The van der Waals surface area contributed by atoms with Crippen molar-refractivity contribution < 1.29 is 9.59 Å². The number of aryl methyl sites for hydroxylation is 2. The van der Waals surface area contributed by atoms with Gasteiger partial charge < -0.3 is 11.1 Å². The lowest BCUT2D eigenvalue weighted by atomic mass is 9.93. The number of primary amides is 1. The fourth-order valence-corrected chi connectivity index (χ4v) is 2.64. The van der Waals surface area contributed by atoms with Gasteiger partial charge in [0.2, 0.25) is 11.8 Å². The van der Waals surface area contributed by atoms with Gasteiger partial charge in [-0.25, -0.2) is 4.68 Å². The van der Waals surface area contributed by atoms with Crippen molar-refractivity contribution in [1.29, 1.82) is 0 Å². The van der Waals surface area contributed by atoms with Crippen LogP contribution < -0.4 is 11.1 Å². The molecule has 3 N–H and O–H groups in total. The van der Waals surface area contributed by atoms with Gasteiger partial charge >= 0.3 is 0 Å². The largest absolute Gasteiger partial charge is 0.369 e. The summed E-state index contributed by atoms with van der Waals surface area (Å²) in [6.45, 7) is 7.93. The minimum Gasteiger partial charge on any atom is -0.369 e. The molecule has 0 aliphatic rings. The highest BCUT2D eigenvalue weighted by Gasteiger charge is 2.25. The third-order valence-corrected chi connectivity index (χ3v) is 4.73. The number of amides is 2. The van der Waals surface area contributed by atoms with E-state index in [2.05, 4.69) is 10.4 Å². The van der Waals surface area contributed by atoms with Gasteiger partial charge in [0.25, 0.3) is 0 Å². The minimum absolute atomic E-state index is 0.158. The third kappa shape index (κ3) is 5.44.